The summed E-state index contributed by atoms with van der Waals surface area (Å²) in [5, 5.41) is 5.74. The molecule has 1 aliphatic rings. The van der Waals surface area contributed by atoms with Crippen LogP contribution in [0.4, 0.5) is 5.69 Å². The monoisotopic (exact) mass is 238 g/mol. The van der Waals surface area contributed by atoms with Crippen LogP contribution in [-0.4, -0.2) is 23.7 Å². The second kappa shape index (κ2) is 4.20. The van der Waals surface area contributed by atoms with Crippen molar-refractivity contribution < 1.29 is 4.79 Å². The minimum atomic E-state index is 0.0417. The van der Waals surface area contributed by atoms with Crippen molar-refractivity contribution in [1.82, 2.24) is 5.32 Å². The number of carbonyl (C=O) groups is 1. The van der Waals surface area contributed by atoms with Crippen molar-refractivity contribution in [2.75, 3.05) is 18.1 Å². The highest BCUT2D eigenvalue weighted by molar-refractivity contribution is 8.00. The second-order valence-electron chi connectivity index (χ2n) is 3.13. The molecule has 1 heterocycles. The summed E-state index contributed by atoms with van der Waals surface area (Å²) < 4.78 is 0. The lowest BCUT2D eigenvalue weighted by atomic mass is 10.2. The van der Waals surface area contributed by atoms with Crippen molar-refractivity contribution in [2.45, 2.75) is 4.90 Å². The molecule has 2 N–H and O–H groups in total. The third kappa shape index (κ3) is 2.13. The molecule has 0 spiro atoms. The zero-order valence-corrected chi connectivity index (χ0v) is 9.80. The molecule has 1 aromatic rings. The Morgan fingerprint density at radius 1 is 1.60 bits per heavy atom. The maximum atomic E-state index is 11.2. The first-order valence-electron chi connectivity index (χ1n) is 4.49. The number of hydrogen-bond donors (Lipinski definition) is 2. The van der Waals surface area contributed by atoms with Crippen molar-refractivity contribution in [3.05, 3.63) is 23.8 Å². The lowest BCUT2D eigenvalue weighted by Crippen LogP contribution is -2.20. The number of carbonyl (C=O) groups excluding carboxylic acids is 1. The molecule has 78 valence electrons. The number of nitrogens with one attached hydrogen (secondary N) is 2. The Balaban J connectivity index is 2.36. The van der Waals surface area contributed by atoms with Gasteiger partial charge in [0, 0.05) is 17.5 Å². The number of hydrogen-bond acceptors (Lipinski definition) is 3. The summed E-state index contributed by atoms with van der Waals surface area (Å²) >= 11 is 6.67. The number of amides is 1. The molecule has 0 saturated carbocycles. The van der Waals surface area contributed by atoms with E-state index in [1.807, 2.05) is 18.2 Å². The lowest BCUT2D eigenvalue weighted by Gasteiger charge is -2.17. The third-order valence-corrected chi connectivity index (χ3v) is 3.62. The number of anilines is 1. The van der Waals surface area contributed by atoms with E-state index < -0.39 is 0 Å². The van der Waals surface area contributed by atoms with Crippen molar-refractivity contribution in [2.24, 2.45) is 0 Å². The Morgan fingerprint density at radius 3 is 3.13 bits per heavy atom. The zero-order chi connectivity index (χ0) is 10.8. The zero-order valence-electron chi connectivity index (χ0n) is 8.16. The van der Waals surface area contributed by atoms with Gasteiger partial charge in [-0.15, -0.1) is 11.8 Å². The summed E-state index contributed by atoms with van der Waals surface area (Å²) in [5.41, 5.74) is 1.78. The van der Waals surface area contributed by atoms with Crippen LogP contribution in [0.2, 0.25) is 0 Å². The van der Waals surface area contributed by atoms with Crippen LogP contribution in [0.25, 0.3) is 0 Å². The summed E-state index contributed by atoms with van der Waals surface area (Å²) in [5.74, 6) is 0.531. The van der Waals surface area contributed by atoms with Gasteiger partial charge in [-0.2, -0.15) is 0 Å². The first kappa shape index (κ1) is 10.4. The van der Waals surface area contributed by atoms with Crippen molar-refractivity contribution in [3.63, 3.8) is 0 Å². The van der Waals surface area contributed by atoms with E-state index in [1.165, 1.54) is 0 Å². The first-order valence-corrected chi connectivity index (χ1v) is 5.89. The van der Waals surface area contributed by atoms with Crippen molar-refractivity contribution in [1.29, 1.82) is 0 Å². The van der Waals surface area contributed by atoms with E-state index in [0.717, 1.165) is 16.1 Å². The summed E-state index contributed by atoms with van der Waals surface area (Å²) in [6.07, 6.45) is 0. The largest absolute Gasteiger partial charge is 0.379 e. The number of thioether (sulfide) groups is 1. The van der Waals surface area contributed by atoms with Crippen molar-refractivity contribution in [3.8, 4) is 0 Å². The van der Waals surface area contributed by atoms with Gasteiger partial charge in [0.25, 0.3) is 0 Å². The average molecular weight is 238 g/mol. The molecular formula is C10H10N2OS2. The van der Waals surface area contributed by atoms with Gasteiger partial charge >= 0.3 is 0 Å². The van der Waals surface area contributed by atoms with Gasteiger partial charge in [-0.3, -0.25) is 4.79 Å². The lowest BCUT2D eigenvalue weighted by molar-refractivity contribution is -0.113. The normalized spacial score (nSPS) is 14.1. The van der Waals surface area contributed by atoms with Gasteiger partial charge < -0.3 is 10.6 Å². The molecule has 1 amide bonds. The van der Waals surface area contributed by atoms with E-state index in [-0.39, 0.29) is 5.91 Å². The molecule has 1 aliphatic heterocycles. The maximum Gasteiger partial charge on any atom is 0.234 e. The first-order chi connectivity index (χ1) is 7.20. The van der Waals surface area contributed by atoms with Crippen LogP contribution in [0.5, 0.6) is 0 Å². The van der Waals surface area contributed by atoms with Gasteiger partial charge in [-0.05, 0) is 12.1 Å². The van der Waals surface area contributed by atoms with Crippen LogP contribution in [-0.2, 0) is 4.79 Å². The number of thiocarbonyl (C=S) groups is 1. The molecule has 0 aromatic heterocycles. The Morgan fingerprint density at radius 2 is 2.40 bits per heavy atom. The maximum absolute atomic E-state index is 11.2. The van der Waals surface area contributed by atoms with Crippen LogP contribution in [0, 0.1) is 0 Å². The van der Waals surface area contributed by atoms with Crippen LogP contribution in [0.15, 0.2) is 23.1 Å². The average Bonchev–Trinajstić information content (AvgIpc) is 2.27. The molecule has 2 rings (SSSR count). The molecule has 3 nitrogen and oxygen atoms in total. The summed E-state index contributed by atoms with van der Waals surface area (Å²) in [4.78, 5) is 13.0. The van der Waals surface area contributed by atoms with E-state index in [2.05, 4.69) is 10.6 Å². The molecule has 0 bridgehead atoms. The van der Waals surface area contributed by atoms with Crippen LogP contribution >= 0.6 is 24.0 Å². The summed E-state index contributed by atoms with van der Waals surface area (Å²) in [6.45, 7) is 0. The fourth-order valence-electron chi connectivity index (χ4n) is 1.37. The topological polar surface area (TPSA) is 41.1 Å². The van der Waals surface area contributed by atoms with Crippen LogP contribution in [0.3, 0.4) is 0 Å². The van der Waals surface area contributed by atoms with Gasteiger partial charge in [0.05, 0.1) is 11.4 Å². The highest BCUT2D eigenvalue weighted by atomic mass is 32.2. The minimum absolute atomic E-state index is 0.0417. The number of benzene rings is 1. The molecule has 0 atom stereocenters. The molecule has 0 fully saturated rings. The molecule has 15 heavy (non-hydrogen) atoms. The highest BCUT2D eigenvalue weighted by Crippen LogP contribution is 2.31. The Kier molecular flexibility index (Phi) is 2.93. The van der Waals surface area contributed by atoms with Crippen LogP contribution in [0.1, 0.15) is 5.56 Å². The number of fused-ring (bicyclic) bond motifs is 1. The summed E-state index contributed by atoms with van der Waals surface area (Å²) in [6, 6.07) is 5.85. The standard InChI is InChI=1S/C10H10N2OS2/c1-11-10(14)6-2-3-8-7(4-6)12-9(13)5-15-8/h2-4H,5H2,1H3,(H,11,14)(H,12,13). The molecule has 0 aliphatic carbocycles. The predicted molar refractivity (Wildman–Crippen MR) is 66.6 cm³/mol. The van der Waals surface area contributed by atoms with Crippen LogP contribution < -0.4 is 10.6 Å². The Hall–Kier alpha value is -1.07. The Labute approximate surface area is 97.6 Å². The smallest absolute Gasteiger partial charge is 0.234 e. The molecule has 0 radical (unpaired) electrons. The molecule has 1 aromatic carbocycles. The molecule has 0 saturated heterocycles. The van der Waals surface area contributed by atoms with Gasteiger partial charge in [0.15, 0.2) is 0 Å². The van der Waals surface area contributed by atoms with Gasteiger partial charge in [-0.25, -0.2) is 0 Å². The van der Waals surface area contributed by atoms with Gasteiger partial charge in [-0.1, -0.05) is 18.3 Å². The van der Waals surface area contributed by atoms with E-state index in [0.29, 0.717) is 10.7 Å². The van der Waals surface area contributed by atoms with E-state index in [1.54, 1.807) is 18.8 Å². The molecule has 5 heteroatoms. The fraction of sp³-hybridized carbons (Fsp3) is 0.200. The molecular weight excluding hydrogens is 228 g/mol. The van der Waals surface area contributed by atoms with E-state index >= 15 is 0 Å². The minimum Gasteiger partial charge on any atom is -0.379 e. The second-order valence-corrected chi connectivity index (χ2v) is 4.55. The number of rotatable bonds is 1. The van der Waals surface area contributed by atoms with E-state index in [4.69, 9.17) is 12.2 Å². The predicted octanol–water partition coefficient (Wildman–Crippen LogP) is 1.63. The summed E-state index contributed by atoms with van der Waals surface area (Å²) in [7, 11) is 1.79. The highest BCUT2D eigenvalue weighted by Gasteiger charge is 2.15. The molecule has 0 unspecified atom stereocenters. The van der Waals surface area contributed by atoms with Gasteiger partial charge in [0.1, 0.15) is 4.99 Å². The van der Waals surface area contributed by atoms with Crippen molar-refractivity contribution >= 4 is 40.6 Å². The van der Waals surface area contributed by atoms with Gasteiger partial charge in [0.2, 0.25) is 5.91 Å². The third-order valence-electron chi connectivity index (χ3n) is 2.10. The quantitative estimate of drug-likeness (QED) is 0.730. The van der Waals surface area contributed by atoms with E-state index in [9.17, 15) is 4.79 Å². The SMILES string of the molecule is CNC(=S)c1ccc2c(c1)NC(=O)CS2. The Bertz CT molecular complexity index is 431. The fourth-order valence-corrected chi connectivity index (χ4v) is 2.28.